The van der Waals surface area contributed by atoms with Crippen LogP contribution in [0.1, 0.15) is 37.8 Å². The monoisotopic (exact) mass is 223 g/mol. The second-order valence-electron chi connectivity index (χ2n) is 4.59. The Bertz CT molecular complexity index is 359. The van der Waals surface area contributed by atoms with Gasteiger partial charge in [-0.1, -0.05) is 26.0 Å². The second kappa shape index (κ2) is 4.85. The van der Waals surface area contributed by atoms with E-state index in [0.717, 1.165) is 5.56 Å². The smallest absolute Gasteiger partial charge is 0.125 e. The van der Waals surface area contributed by atoms with Crippen LogP contribution in [0.4, 0.5) is 0 Å². The quantitative estimate of drug-likeness (QED) is 0.820. The summed E-state index contributed by atoms with van der Waals surface area (Å²) in [7, 11) is 1.61. The van der Waals surface area contributed by atoms with E-state index in [9.17, 15) is 5.11 Å². The summed E-state index contributed by atoms with van der Waals surface area (Å²) in [6, 6.07) is 5.86. The summed E-state index contributed by atoms with van der Waals surface area (Å²) in [4.78, 5) is 0. The summed E-state index contributed by atoms with van der Waals surface area (Å²) in [5.74, 6) is 1.13. The fourth-order valence-corrected chi connectivity index (χ4v) is 1.62. The number of benzene rings is 1. The topological polar surface area (TPSA) is 55.5 Å². The van der Waals surface area contributed by atoms with Crippen molar-refractivity contribution >= 4 is 0 Å². The Balaban J connectivity index is 3.22. The number of aliphatic hydroxyl groups is 1. The molecule has 3 N–H and O–H groups in total. The molecule has 0 radical (unpaired) electrons. The van der Waals surface area contributed by atoms with Gasteiger partial charge in [-0.25, -0.2) is 0 Å². The maximum atomic E-state index is 10.1. The summed E-state index contributed by atoms with van der Waals surface area (Å²) in [6.45, 7) is 6.11. The molecular formula is C13H21NO2. The standard InChI is InChI=1S/C13H21NO2/c1-9(2)10-5-6-11(12(7-10)16-4)13(3,15)8-14/h5-7,9,15H,8,14H2,1-4H3. The van der Waals surface area contributed by atoms with E-state index in [2.05, 4.69) is 13.8 Å². The Morgan fingerprint density at radius 1 is 1.44 bits per heavy atom. The Labute approximate surface area is 97.2 Å². The molecule has 3 heteroatoms. The van der Waals surface area contributed by atoms with E-state index in [1.54, 1.807) is 14.0 Å². The summed E-state index contributed by atoms with van der Waals surface area (Å²) in [5, 5.41) is 10.1. The van der Waals surface area contributed by atoms with Gasteiger partial charge in [-0.05, 0) is 24.5 Å². The number of rotatable bonds is 4. The van der Waals surface area contributed by atoms with Gasteiger partial charge < -0.3 is 15.6 Å². The zero-order chi connectivity index (χ0) is 12.3. The number of hydrogen-bond acceptors (Lipinski definition) is 3. The molecule has 1 aromatic carbocycles. The predicted octanol–water partition coefficient (Wildman–Crippen LogP) is 1.98. The fourth-order valence-electron chi connectivity index (χ4n) is 1.62. The average Bonchev–Trinajstić information content (AvgIpc) is 2.28. The predicted molar refractivity (Wildman–Crippen MR) is 65.7 cm³/mol. The number of nitrogens with two attached hydrogens (primary N) is 1. The Kier molecular flexibility index (Phi) is 3.94. The first-order valence-electron chi connectivity index (χ1n) is 5.53. The first kappa shape index (κ1) is 13.0. The molecule has 0 amide bonds. The van der Waals surface area contributed by atoms with Gasteiger partial charge in [0.15, 0.2) is 0 Å². The minimum atomic E-state index is -1.04. The van der Waals surface area contributed by atoms with Crippen LogP contribution in [0.15, 0.2) is 18.2 Å². The van der Waals surface area contributed by atoms with Crippen LogP contribution in [0.3, 0.4) is 0 Å². The van der Waals surface area contributed by atoms with Gasteiger partial charge in [0.25, 0.3) is 0 Å². The lowest BCUT2D eigenvalue weighted by molar-refractivity contribution is 0.0640. The highest BCUT2D eigenvalue weighted by Gasteiger charge is 2.25. The number of methoxy groups -OCH3 is 1. The molecule has 3 nitrogen and oxygen atoms in total. The van der Waals surface area contributed by atoms with E-state index in [1.165, 1.54) is 5.56 Å². The highest BCUT2D eigenvalue weighted by molar-refractivity contribution is 5.42. The van der Waals surface area contributed by atoms with Crippen LogP contribution >= 0.6 is 0 Å². The van der Waals surface area contributed by atoms with Crippen LogP contribution < -0.4 is 10.5 Å². The first-order chi connectivity index (χ1) is 7.42. The summed E-state index contributed by atoms with van der Waals surface area (Å²) >= 11 is 0. The molecule has 90 valence electrons. The fraction of sp³-hybridized carbons (Fsp3) is 0.538. The van der Waals surface area contributed by atoms with Crippen molar-refractivity contribution in [2.24, 2.45) is 5.73 Å². The van der Waals surface area contributed by atoms with Crippen molar-refractivity contribution in [2.75, 3.05) is 13.7 Å². The normalized spacial score (nSPS) is 14.9. The molecule has 0 saturated carbocycles. The zero-order valence-corrected chi connectivity index (χ0v) is 10.4. The third kappa shape index (κ3) is 2.54. The van der Waals surface area contributed by atoms with Gasteiger partial charge in [0, 0.05) is 12.1 Å². The van der Waals surface area contributed by atoms with Crippen molar-refractivity contribution in [2.45, 2.75) is 32.3 Å². The highest BCUT2D eigenvalue weighted by atomic mass is 16.5. The molecule has 16 heavy (non-hydrogen) atoms. The first-order valence-corrected chi connectivity index (χ1v) is 5.53. The number of hydrogen-bond donors (Lipinski definition) is 2. The molecular weight excluding hydrogens is 202 g/mol. The van der Waals surface area contributed by atoms with Crippen molar-refractivity contribution in [3.63, 3.8) is 0 Å². The van der Waals surface area contributed by atoms with Gasteiger partial charge in [-0.2, -0.15) is 0 Å². The molecule has 0 aliphatic heterocycles. The van der Waals surface area contributed by atoms with E-state index in [-0.39, 0.29) is 6.54 Å². The van der Waals surface area contributed by atoms with Crippen molar-refractivity contribution in [1.82, 2.24) is 0 Å². The van der Waals surface area contributed by atoms with Crippen LogP contribution in [0.25, 0.3) is 0 Å². The molecule has 1 aromatic rings. The maximum Gasteiger partial charge on any atom is 0.125 e. The second-order valence-corrected chi connectivity index (χ2v) is 4.59. The minimum absolute atomic E-state index is 0.171. The van der Waals surface area contributed by atoms with Gasteiger partial charge in [0.05, 0.1) is 7.11 Å². The SMILES string of the molecule is COc1cc(C(C)C)ccc1C(C)(O)CN. The molecule has 0 saturated heterocycles. The van der Waals surface area contributed by atoms with Crippen LogP contribution in [-0.2, 0) is 5.60 Å². The van der Waals surface area contributed by atoms with Crippen LogP contribution in [-0.4, -0.2) is 18.8 Å². The maximum absolute atomic E-state index is 10.1. The van der Waals surface area contributed by atoms with Crippen LogP contribution in [0.2, 0.25) is 0 Å². The molecule has 0 bridgehead atoms. The Morgan fingerprint density at radius 2 is 2.06 bits per heavy atom. The summed E-state index contributed by atoms with van der Waals surface area (Å²) < 4.78 is 5.31. The van der Waals surface area contributed by atoms with Crippen LogP contribution in [0, 0.1) is 0 Å². The lowest BCUT2D eigenvalue weighted by Gasteiger charge is -2.24. The Hall–Kier alpha value is -1.06. The van der Waals surface area contributed by atoms with Gasteiger partial charge in [0.1, 0.15) is 11.4 Å². The van der Waals surface area contributed by atoms with E-state index in [0.29, 0.717) is 11.7 Å². The number of ether oxygens (including phenoxy) is 1. The minimum Gasteiger partial charge on any atom is -0.496 e. The zero-order valence-electron chi connectivity index (χ0n) is 10.4. The molecule has 0 aliphatic carbocycles. The van der Waals surface area contributed by atoms with Crippen molar-refractivity contribution < 1.29 is 9.84 Å². The van der Waals surface area contributed by atoms with Crippen LogP contribution in [0.5, 0.6) is 5.75 Å². The molecule has 1 unspecified atom stereocenters. The molecule has 0 fully saturated rings. The average molecular weight is 223 g/mol. The third-order valence-corrected chi connectivity index (χ3v) is 2.87. The largest absolute Gasteiger partial charge is 0.496 e. The van der Waals surface area contributed by atoms with Gasteiger partial charge in [0.2, 0.25) is 0 Å². The van der Waals surface area contributed by atoms with Gasteiger partial charge in [-0.15, -0.1) is 0 Å². The lowest BCUT2D eigenvalue weighted by atomic mass is 9.92. The molecule has 1 rings (SSSR count). The highest BCUT2D eigenvalue weighted by Crippen LogP contribution is 2.31. The van der Waals surface area contributed by atoms with Crippen molar-refractivity contribution in [1.29, 1.82) is 0 Å². The molecule has 0 aromatic heterocycles. The van der Waals surface area contributed by atoms with Crippen molar-refractivity contribution in [3.05, 3.63) is 29.3 Å². The molecule has 0 aliphatic rings. The van der Waals surface area contributed by atoms with E-state index in [4.69, 9.17) is 10.5 Å². The molecule has 1 atom stereocenters. The Morgan fingerprint density at radius 3 is 2.50 bits per heavy atom. The van der Waals surface area contributed by atoms with Gasteiger partial charge >= 0.3 is 0 Å². The summed E-state index contributed by atoms with van der Waals surface area (Å²) in [6.07, 6.45) is 0. The third-order valence-electron chi connectivity index (χ3n) is 2.87. The summed E-state index contributed by atoms with van der Waals surface area (Å²) in [5.41, 5.74) is 6.44. The van der Waals surface area contributed by atoms with E-state index in [1.807, 2.05) is 18.2 Å². The lowest BCUT2D eigenvalue weighted by Crippen LogP contribution is -2.31. The van der Waals surface area contributed by atoms with E-state index < -0.39 is 5.60 Å². The molecule has 0 heterocycles. The molecule has 0 spiro atoms. The van der Waals surface area contributed by atoms with E-state index >= 15 is 0 Å². The van der Waals surface area contributed by atoms with Gasteiger partial charge in [-0.3, -0.25) is 0 Å². The van der Waals surface area contributed by atoms with Crippen molar-refractivity contribution in [3.8, 4) is 5.75 Å².